The Balaban J connectivity index is 2.21. The molecule has 4 heteroatoms. The molecule has 1 aliphatic rings. The molecule has 0 saturated carbocycles. The molecule has 0 spiro atoms. The summed E-state index contributed by atoms with van der Waals surface area (Å²) in [5.41, 5.74) is 1.16. The van der Waals surface area contributed by atoms with Crippen molar-refractivity contribution in [1.82, 2.24) is 5.32 Å². The molecule has 14 heavy (non-hydrogen) atoms. The van der Waals surface area contributed by atoms with Gasteiger partial charge in [-0.2, -0.15) is 0 Å². The van der Waals surface area contributed by atoms with E-state index in [-0.39, 0.29) is 6.04 Å². The number of hydrogen-bond acceptors (Lipinski definition) is 3. The van der Waals surface area contributed by atoms with Gasteiger partial charge in [-0.25, -0.2) is 0 Å². The van der Waals surface area contributed by atoms with E-state index in [0.29, 0.717) is 5.75 Å². The van der Waals surface area contributed by atoms with Gasteiger partial charge in [-0.1, -0.05) is 0 Å². The van der Waals surface area contributed by atoms with Gasteiger partial charge < -0.3 is 9.73 Å². The summed E-state index contributed by atoms with van der Waals surface area (Å²) in [6, 6.07) is 2.25. The first-order valence-electron chi connectivity index (χ1n) is 4.82. The van der Waals surface area contributed by atoms with Crippen LogP contribution in [0, 0.1) is 13.8 Å². The molecule has 1 aromatic heterocycles. The van der Waals surface area contributed by atoms with E-state index < -0.39 is 10.8 Å². The smallest absolute Gasteiger partial charge is 0.105 e. The predicted octanol–water partition coefficient (Wildman–Crippen LogP) is 1.29. The Morgan fingerprint density at radius 1 is 1.57 bits per heavy atom. The second-order valence-corrected chi connectivity index (χ2v) is 5.31. The van der Waals surface area contributed by atoms with E-state index in [1.54, 1.807) is 0 Å². The maximum atomic E-state index is 11.4. The van der Waals surface area contributed by atoms with E-state index in [1.807, 2.05) is 19.9 Å². The zero-order valence-corrected chi connectivity index (χ0v) is 9.32. The largest absolute Gasteiger partial charge is 0.466 e. The van der Waals surface area contributed by atoms with Crippen LogP contribution in [0.1, 0.15) is 23.1 Å². The van der Waals surface area contributed by atoms with Gasteiger partial charge in [0.05, 0.1) is 0 Å². The Morgan fingerprint density at radius 2 is 2.36 bits per heavy atom. The number of furan rings is 1. The molecule has 2 heterocycles. The number of nitrogens with one attached hydrogen (secondary N) is 1. The second-order valence-electron chi connectivity index (χ2n) is 3.69. The summed E-state index contributed by atoms with van der Waals surface area (Å²) in [7, 11) is -0.674. The van der Waals surface area contributed by atoms with Crippen molar-refractivity contribution in [3.05, 3.63) is 23.2 Å². The highest BCUT2D eigenvalue weighted by molar-refractivity contribution is 7.85. The third-order valence-electron chi connectivity index (χ3n) is 2.53. The van der Waals surface area contributed by atoms with Crippen LogP contribution in [0.4, 0.5) is 0 Å². The molecule has 0 radical (unpaired) electrons. The van der Waals surface area contributed by atoms with E-state index in [0.717, 1.165) is 29.4 Å². The lowest BCUT2D eigenvalue weighted by Crippen LogP contribution is -2.36. The fourth-order valence-electron chi connectivity index (χ4n) is 1.87. The van der Waals surface area contributed by atoms with Crippen LogP contribution >= 0.6 is 0 Å². The highest BCUT2D eigenvalue weighted by atomic mass is 32.2. The van der Waals surface area contributed by atoms with E-state index in [1.165, 1.54) is 0 Å². The molecule has 2 atom stereocenters. The molecule has 1 saturated heterocycles. The molecule has 0 aliphatic carbocycles. The first-order valence-corrected chi connectivity index (χ1v) is 6.31. The van der Waals surface area contributed by atoms with Crippen LogP contribution in [0.25, 0.3) is 0 Å². The van der Waals surface area contributed by atoms with Gasteiger partial charge in [0.25, 0.3) is 0 Å². The molecular weight excluding hydrogens is 198 g/mol. The predicted molar refractivity (Wildman–Crippen MR) is 56.8 cm³/mol. The summed E-state index contributed by atoms with van der Waals surface area (Å²) in [6.07, 6.45) is 0. The van der Waals surface area contributed by atoms with E-state index in [4.69, 9.17) is 4.42 Å². The van der Waals surface area contributed by atoms with Crippen LogP contribution in [-0.4, -0.2) is 22.3 Å². The van der Waals surface area contributed by atoms with Crippen LogP contribution in [0.2, 0.25) is 0 Å². The van der Waals surface area contributed by atoms with Crippen molar-refractivity contribution in [3.63, 3.8) is 0 Å². The second kappa shape index (κ2) is 3.87. The van der Waals surface area contributed by atoms with Gasteiger partial charge in [0.1, 0.15) is 11.5 Å². The molecule has 3 nitrogen and oxygen atoms in total. The molecule has 2 unspecified atom stereocenters. The average molecular weight is 213 g/mol. The lowest BCUT2D eigenvalue weighted by molar-refractivity contribution is 0.490. The lowest BCUT2D eigenvalue weighted by atomic mass is 10.1. The summed E-state index contributed by atoms with van der Waals surface area (Å²) >= 11 is 0. The molecule has 1 aliphatic heterocycles. The summed E-state index contributed by atoms with van der Waals surface area (Å²) in [5, 5.41) is 3.37. The average Bonchev–Trinajstić information content (AvgIpc) is 2.45. The van der Waals surface area contributed by atoms with Crippen molar-refractivity contribution in [1.29, 1.82) is 0 Å². The molecule has 1 fully saturated rings. The first-order chi connectivity index (χ1) is 6.66. The zero-order chi connectivity index (χ0) is 10.1. The third kappa shape index (κ3) is 1.91. The number of rotatable bonds is 1. The number of aryl methyl sites for hydroxylation is 2. The van der Waals surface area contributed by atoms with Crippen LogP contribution in [-0.2, 0) is 10.8 Å². The van der Waals surface area contributed by atoms with E-state index in [2.05, 4.69) is 5.32 Å². The van der Waals surface area contributed by atoms with Crippen LogP contribution in [0.5, 0.6) is 0 Å². The molecule has 1 N–H and O–H groups in total. The van der Waals surface area contributed by atoms with E-state index >= 15 is 0 Å². The summed E-state index contributed by atoms with van der Waals surface area (Å²) in [4.78, 5) is 0. The summed E-state index contributed by atoms with van der Waals surface area (Å²) in [6.45, 7) is 4.73. The van der Waals surface area contributed by atoms with Gasteiger partial charge in [0.2, 0.25) is 0 Å². The highest BCUT2D eigenvalue weighted by Gasteiger charge is 2.22. The van der Waals surface area contributed by atoms with Gasteiger partial charge in [-0.05, 0) is 19.9 Å². The van der Waals surface area contributed by atoms with Crippen molar-refractivity contribution in [2.75, 3.05) is 18.1 Å². The third-order valence-corrected chi connectivity index (χ3v) is 3.89. The molecule has 2 rings (SSSR count). The number of hydrogen-bond donors (Lipinski definition) is 1. The molecule has 0 aromatic carbocycles. The summed E-state index contributed by atoms with van der Waals surface area (Å²) < 4.78 is 16.9. The van der Waals surface area contributed by atoms with Crippen LogP contribution in [0.3, 0.4) is 0 Å². The van der Waals surface area contributed by atoms with Crippen molar-refractivity contribution in [2.24, 2.45) is 0 Å². The minimum Gasteiger partial charge on any atom is -0.466 e. The fourth-order valence-corrected chi connectivity index (χ4v) is 3.05. The zero-order valence-electron chi connectivity index (χ0n) is 8.50. The van der Waals surface area contributed by atoms with Gasteiger partial charge in [-0.3, -0.25) is 4.21 Å². The fraction of sp³-hybridized carbons (Fsp3) is 0.600. The maximum absolute atomic E-state index is 11.4. The monoisotopic (exact) mass is 213 g/mol. The Morgan fingerprint density at radius 3 is 2.93 bits per heavy atom. The minimum absolute atomic E-state index is 0.210. The quantitative estimate of drug-likeness (QED) is 0.764. The van der Waals surface area contributed by atoms with Crippen molar-refractivity contribution >= 4 is 10.8 Å². The Hall–Kier alpha value is -0.610. The molecule has 0 bridgehead atoms. The summed E-state index contributed by atoms with van der Waals surface area (Å²) in [5.74, 6) is 3.35. The van der Waals surface area contributed by atoms with Crippen molar-refractivity contribution < 1.29 is 8.63 Å². The standard InChI is InChI=1S/C10H15NO2S/c1-7-5-9(8(2)13-7)10-6-14(12)4-3-11-10/h5,10-11H,3-4,6H2,1-2H3. The van der Waals surface area contributed by atoms with Gasteiger partial charge in [0.15, 0.2) is 0 Å². The van der Waals surface area contributed by atoms with Gasteiger partial charge in [0, 0.05) is 40.5 Å². The SMILES string of the molecule is Cc1cc(C2CS(=O)CCN2)c(C)o1. The highest BCUT2D eigenvalue weighted by Crippen LogP contribution is 2.23. The lowest BCUT2D eigenvalue weighted by Gasteiger charge is -2.22. The van der Waals surface area contributed by atoms with E-state index in [9.17, 15) is 4.21 Å². The van der Waals surface area contributed by atoms with Crippen LogP contribution < -0.4 is 5.32 Å². The van der Waals surface area contributed by atoms with Crippen molar-refractivity contribution in [3.8, 4) is 0 Å². The first kappa shape index (κ1) is 9.93. The molecule has 0 amide bonds. The Kier molecular flexibility index (Phi) is 2.74. The minimum atomic E-state index is -0.674. The van der Waals surface area contributed by atoms with Crippen LogP contribution in [0.15, 0.2) is 10.5 Å². The normalized spacial score (nSPS) is 27.9. The molecule has 78 valence electrons. The Labute approximate surface area is 86.3 Å². The maximum Gasteiger partial charge on any atom is 0.105 e. The van der Waals surface area contributed by atoms with Gasteiger partial charge in [-0.15, -0.1) is 0 Å². The molecular formula is C10H15NO2S. The topological polar surface area (TPSA) is 42.2 Å². The van der Waals surface area contributed by atoms with Crippen molar-refractivity contribution in [2.45, 2.75) is 19.9 Å². The van der Waals surface area contributed by atoms with Gasteiger partial charge >= 0.3 is 0 Å². The molecule has 1 aromatic rings. The Bertz CT molecular complexity index is 359.